The summed E-state index contributed by atoms with van der Waals surface area (Å²) >= 11 is 3.34. The topological polar surface area (TPSA) is 50.2 Å². The van der Waals surface area contributed by atoms with Gasteiger partial charge in [-0.15, -0.1) is 0 Å². The molecule has 3 nitrogen and oxygen atoms in total. The third-order valence-electron chi connectivity index (χ3n) is 1.52. The normalized spacial score (nSPS) is 10.7. The van der Waals surface area contributed by atoms with Gasteiger partial charge in [-0.25, -0.2) is 0 Å². The Bertz CT molecular complexity index is 354. The lowest BCUT2D eigenvalue weighted by Crippen LogP contribution is -1.90. The van der Waals surface area contributed by atoms with Gasteiger partial charge in [0.1, 0.15) is 0 Å². The van der Waals surface area contributed by atoms with Gasteiger partial charge in [0.15, 0.2) is 0 Å². The monoisotopic (exact) mass is 255 g/mol. The first-order valence-electron chi connectivity index (χ1n) is 4.10. The fourth-order valence-corrected chi connectivity index (χ4v) is 1.58. The molecule has 1 N–H and O–H groups in total. The first kappa shape index (κ1) is 10.9. The van der Waals surface area contributed by atoms with Crippen molar-refractivity contribution >= 4 is 28.0 Å². The van der Waals surface area contributed by atoms with E-state index in [9.17, 15) is 4.79 Å². The van der Waals surface area contributed by atoms with E-state index in [1.54, 1.807) is 12.2 Å². The lowest BCUT2D eigenvalue weighted by atomic mass is 10.3. The quantitative estimate of drug-likeness (QED) is 0.904. The number of aryl methyl sites for hydroxylation is 1. The molecule has 0 atom stereocenters. The summed E-state index contributed by atoms with van der Waals surface area (Å²) in [4.78, 5) is 14.5. The molecule has 0 radical (unpaired) electrons. The van der Waals surface area contributed by atoms with Gasteiger partial charge in [0.2, 0.25) is 0 Å². The van der Waals surface area contributed by atoms with Crippen LogP contribution in [0.25, 0.3) is 6.08 Å². The van der Waals surface area contributed by atoms with E-state index < -0.39 is 5.97 Å². The molecule has 4 heteroatoms. The Hall–Kier alpha value is -1.16. The number of rotatable bonds is 3. The first-order chi connectivity index (χ1) is 6.58. The van der Waals surface area contributed by atoms with Crippen molar-refractivity contribution in [3.05, 3.63) is 34.1 Å². The SMILES string of the molecule is Cc1cc(Br)cc(C=CCC(=O)O)n1. The summed E-state index contributed by atoms with van der Waals surface area (Å²) in [5, 5.41) is 8.42. The number of carbonyl (C=O) groups is 1. The second kappa shape index (κ2) is 4.91. The third-order valence-corrected chi connectivity index (χ3v) is 1.98. The molecule has 74 valence electrons. The Morgan fingerprint density at radius 1 is 1.64 bits per heavy atom. The minimum absolute atomic E-state index is 0.0211. The van der Waals surface area contributed by atoms with Gasteiger partial charge in [0.05, 0.1) is 12.1 Å². The first-order valence-corrected chi connectivity index (χ1v) is 4.90. The molecular weight excluding hydrogens is 246 g/mol. The molecule has 0 saturated heterocycles. The van der Waals surface area contributed by atoms with Crippen molar-refractivity contribution in [2.24, 2.45) is 0 Å². The summed E-state index contributed by atoms with van der Waals surface area (Å²) in [6.07, 6.45) is 3.30. The minimum atomic E-state index is -0.840. The number of aliphatic carboxylic acids is 1. The summed E-state index contributed by atoms with van der Waals surface area (Å²) in [6, 6.07) is 3.74. The molecule has 1 heterocycles. The van der Waals surface area contributed by atoms with Crippen molar-refractivity contribution in [1.82, 2.24) is 4.98 Å². The molecule has 1 aromatic rings. The molecule has 1 rings (SSSR count). The van der Waals surface area contributed by atoms with Gasteiger partial charge in [0.25, 0.3) is 0 Å². The lowest BCUT2D eigenvalue weighted by Gasteiger charge is -1.97. The number of pyridine rings is 1. The van der Waals surface area contributed by atoms with Crippen LogP contribution in [0.4, 0.5) is 0 Å². The fraction of sp³-hybridized carbons (Fsp3) is 0.200. The summed E-state index contributed by atoms with van der Waals surface area (Å²) < 4.78 is 0.944. The van der Waals surface area contributed by atoms with E-state index >= 15 is 0 Å². The molecule has 0 aliphatic carbocycles. The highest BCUT2D eigenvalue weighted by molar-refractivity contribution is 9.10. The Morgan fingerprint density at radius 3 is 2.93 bits per heavy atom. The van der Waals surface area contributed by atoms with Crippen molar-refractivity contribution in [1.29, 1.82) is 0 Å². The molecule has 14 heavy (non-hydrogen) atoms. The summed E-state index contributed by atoms with van der Waals surface area (Å²) in [6.45, 7) is 1.89. The number of halogens is 1. The largest absolute Gasteiger partial charge is 0.481 e. The minimum Gasteiger partial charge on any atom is -0.481 e. The average molecular weight is 256 g/mol. The highest BCUT2D eigenvalue weighted by atomic mass is 79.9. The Labute approximate surface area is 90.6 Å². The smallest absolute Gasteiger partial charge is 0.307 e. The molecule has 0 fully saturated rings. The number of carboxylic acid groups (broad SMARTS) is 1. The van der Waals surface area contributed by atoms with Crippen LogP contribution in [-0.2, 0) is 4.79 Å². The Morgan fingerprint density at radius 2 is 2.36 bits per heavy atom. The van der Waals surface area contributed by atoms with Gasteiger partial charge in [-0.05, 0) is 25.1 Å². The predicted molar refractivity (Wildman–Crippen MR) is 58.0 cm³/mol. The summed E-state index contributed by atoms with van der Waals surface area (Å²) in [5.41, 5.74) is 1.66. The van der Waals surface area contributed by atoms with Crippen LogP contribution in [-0.4, -0.2) is 16.1 Å². The summed E-state index contributed by atoms with van der Waals surface area (Å²) in [7, 11) is 0. The van der Waals surface area contributed by atoms with Crippen molar-refractivity contribution < 1.29 is 9.90 Å². The lowest BCUT2D eigenvalue weighted by molar-refractivity contribution is -0.135. The van der Waals surface area contributed by atoms with Gasteiger partial charge < -0.3 is 5.11 Å². The van der Waals surface area contributed by atoms with Crippen molar-refractivity contribution in [2.75, 3.05) is 0 Å². The van der Waals surface area contributed by atoms with Gasteiger partial charge >= 0.3 is 5.97 Å². The number of nitrogens with zero attached hydrogens (tertiary/aromatic N) is 1. The van der Waals surface area contributed by atoms with E-state index in [1.165, 1.54) is 0 Å². The van der Waals surface area contributed by atoms with Crippen LogP contribution in [0, 0.1) is 6.92 Å². The molecule has 0 spiro atoms. The second-order valence-electron chi connectivity index (χ2n) is 2.85. The molecule has 1 aromatic heterocycles. The maximum Gasteiger partial charge on any atom is 0.307 e. The van der Waals surface area contributed by atoms with Crippen LogP contribution in [0.3, 0.4) is 0 Å². The van der Waals surface area contributed by atoms with E-state index in [2.05, 4.69) is 20.9 Å². The molecule has 0 saturated carbocycles. The van der Waals surface area contributed by atoms with Crippen molar-refractivity contribution in [3.63, 3.8) is 0 Å². The van der Waals surface area contributed by atoms with Gasteiger partial charge in [-0.2, -0.15) is 0 Å². The standard InChI is InChI=1S/C10H10BrNO2/c1-7-5-8(11)6-9(12-7)3-2-4-10(13)14/h2-3,5-6H,4H2,1H3,(H,13,14). The maximum absolute atomic E-state index is 10.2. The molecule has 0 aromatic carbocycles. The van der Waals surface area contributed by atoms with Crippen LogP contribution < -0.4 is 0 Å². The Balaban J connectivity index is 2.76. The highest BCUT2D eigenvalue weighted by Gasteiger charge is 1.95. The third kappa shape index (κ3) is 3.70. The van der Waals surface area contributed by atoms with Crippen LogP contribution in [0.1, 0.15) is 17.8 Å². The van der Waals surface area contributed by atoms with Crippen LogP contribution in [0.5, 0.6) is 0 Å². The van der Waals surface area contributed by atoms with Gasteiger partial charge in [-0.3, -0.25) is 9.78 Å². The van der Waals surface area contributed by atoms with Crippen LogP contribution in [0.2, 0.25) is 0 Å². The van der Waals surface area contributed by atoms with E-state index in [0.717, 1.165) is 15.9 Å². The molecule has 0 bridgehead atoms. The van der Waals surface area contributed by atoms with Crippen molar-refractivity contribution in [2.45, 2.75) is 13.3 Å². The van der Waals surface area contributed by atoms with E-state index in [-0.39, 0.29) is 6.42 Å². The zero-order chi connectivity index (χ0) is 10.6. The number of carboxylic acids is 1. The molecule has 0 aliphatic heterocycles. The number of hydrogen-bond acceptors (Lipinski definition) is 2. The molecule has 0 unspecified atom stereocenters. The number of hydrogen-bond donors (Lipinski definition) is 1. The highest BCUT2D eigenvalue weighted by Crippen LogP contribution is 2.13. The maximum atomic E-state index is 10.2. The molecular formula is C10H10BrNO2. The summed E-state index contributed by atoms with van der Waals surface area (Å²) in [5.74, 6) is -0.840. The van der Waals surface area contributed by atoms with E-state index in [0.29, 0.717) is 0 Å². The zero-order valence-electron chi connectivity index (χ0n) is 7.70. The average Bonchev–Trinajstić information content (AvgIpc) is 2.01. The zero-order valence-corrected chi connectivity index (χ0v) is 9.28. The molecule has 0 amide bonds. The van der Waals surface area contributed by atoms with Crippen molar-refractivity contribution in [3.8, 4) is 0 Å². The second-order valence-corrected chi connectivity index (χ2v) is 3.77. The van der Waals surface area contributed by atoms with E-state index in [4.69, 9.17) is 5.11 Å². The fourth-order valence-electron chi connectivity index (χ4n) is 1.02. The molecule has 0 aliphatic rings. The number of aromatic nitrogens is 1. The van der Waals surface area contributed by atoms with Gasteiger partial charge in [-0.1, -0.05) is 22.0 Å². The predicted octanol–water partition coefficient (Wildman–Crippen LogP) is 2.64. The van der Waals surface area contributed by atoms with Crippen LogP contribution >= 0.6 is 15.9 Å². The van der Waals surface area contributed by atoms with Gasteiger partial charge in [0, 0.05) is 10.2 Å². The Kier molecular flexibility index (Phi) is 3.83. The van der Waals surface area contributed by atoms with Crippen LogP contribution in [0.15, 0.2) is 22.7 Å². The van der Waals surface area contributed by atoms with E-state index in [1.807, 2.05) is 19.1 Å².